The van der Waals surface area contributed by atoms with Crippen LogP contribution in [0.2, 0.25) is 5.02 Å². The molecular formula is C14H13ClN4O. The van der Waals surface area contributed by atoms with E-state index in [9.17, 15) is 0 Å². The maximum Gasteiger partial charge on any atom is 0.232 e. The summed E-state index contributed by atoms with van der Waals surface area (Å²) in [5, 5.41) is 3.67. The van der Waals surface area contributed by atoms with E-state index in [1.807, 2.05) is 24.3 Å². The summed E-state index contributed by atoms with van der Waals surface area (Å²) in [5.41, 5.74) is 1.94. The Labute approximate surface area is 121 Å². The number of hydrogen-bond acceptors (Lipinski definition) is 4. The molecule has 0 atom stereocenters. The highest BCUT2D eigenvalue weighted by atomic mass is 35.5. The quantitative estimate of drug-likeness (QED) is 0.708. The maximum absolute atomic E-state index is 5.95. The Hall–Kier alpha value is -2.27. The smallest absolute Gasteiger partial charge is 0.232 e. The molecule has 5 nitrogen and oxygen atoms in total. The van der Waals surface area contributed by atoms with Crippen molar-refractivity contribution in [2.45, 2.75) is 0 Å². The predicted molar refractivity (Wildman–Crippen MR) is 79.3 cm³/mol. The van der Waals surface area contributed by atoms with E-state index in [4.69, 9.17) is 16.3 Å². The summed E-state index contributed by atoms with van der Waals surface area (Å²) >= 11 is 5.95. The highest BCUT2D eigenvalue weighted by molar-refractivity contribution is 6.31. The number of benzene rings is 1. The molecule has 1 aromatic carbocycles. The number of fused-ring (bicyclic) bond motifs is 1. The molecule has 0 aliphatic heterocycles. The second-order valence-electron chi connectivity index (χ2n) is 4.17. The molecule has 0 bridgehead atoms. The first kappa shape index (κ1) is 12.7. The summed E-state index contributed by atoms with van der Waals surface area (Å²) in [5.74, 6) is 1.17. The van der Waals surface area contributed by atoms with Gasteiger partial charge in [0.25, 0.3) is 0 Å². The van der Waals surface area contributed by atoms with Gasteiger partial charge in [-0.25, -0.2) is 9.97 Å². The van der Waals surface area contributed by atoms with Crippen LogP contribution in [-0.2, 0) is 0 Å². The summed E-state index contributed by atoms with van der Waals surface area (Å²) < 4.78 is 5.49. The van der Waals surface area contributed by atoms with Crippen LogP contribution in [0, 0.1) is 0 Å². The number of pyridine rings is 1. The van der Waals surface area contributed by atoms with E-state index in [2.05, 4.69) is 20.3 Å². The fraction of sp³-hybridized carbons (Fsp3) is 0.143. The number of halogens is 1. The number of anilines is 1. The number of H-pyrrole nitrogens is 1. The van der Waals surface area contributed by atoms with Gasteiger partial charge in [-0.2, -0.15) is 0 Å². The van der Waals surface area contributed by atoms with Crippen molar-refractivity contribution in [3.8, 4) is 5.88 Å². The van der Waals surface area contributed by atoms with Crippen LogP contribution in [0.3, 0.4) is 0 Å². The van der Waals surface area contributed by atoms with Gasteiger partial charge in [0.1, 0.15) is 11.6 Å². The Bertz CT molecular complexity index is 680. The first-order chi connectivity index (χ1) is 9.83. The van der Waals surface area contributed by atoms with Crippen molar-refractivity contribution in [2.75, 3.05) is 18.5 Å². The third-order valence-corrected chi connectivity index (χ3v) is 3.04. The lowest BCUT2D eigenvalue weighted by molar-refractivity contribution is 0.320. The lowest BCUT2D eigenvalue weighted by Gasteiger charge is -2.06. The summed E-state index contributed by atoms with van der Waals surface area (Å²) in [7, 11) is 0. The number of nitrogens with one attached hydrogen (secondary N) is 2. The standard InChI is InChI=1S/C14H13ClN4O/c15-10-4-3-7-16-13(10)20-9-8-17-14-18-11-5-1-2-6-12(11)19-14/h1-7H,8-9H2,(H2,17,18,19). The van der Waals surface area contributed by atoms with Crippen molar-refractivity contribution in [1.82, 2.24) is 15.0 Å². The zero-order valence-corrected chi connectivity index (χ0v) is 11.4. The second-order valence-corrected chi connectivity index (χ2v) is 4.58. The molecular weight excluding hydrogens is 276 g/mol. The first-order valence-corrected chi connectivity index (χ1v) is 6.63. The minimum absolute atomic E-state index is 0.445. The van der Waals surface area contributed by atoms with Crippen LogP contribution in [0.1, 0.15) is 0 Å². The van der Waals surface area contributed by atoms with Gasteiger partial charge in [0.15, 0.2) is 0 Å². The van der Waals surface area contributed by atoms with Crippen molar-refractivity contribution in [3.63, 3.8) is 0 Å². The van der Waals surface area contributed by atoms with E-state index in [0.717, 1.165) is 17.0 Å². The van der Waals surface area contributed by atoms with E-state index in [1.165, 1.54) is 0 Å². The minimum Gasteiger partial charge on any atom is -0.475 e. The normalized spacial score (nSPS) is 10.7. The molecule has 0 spiro atoms. The molecule has 2 N–H and O–H groups in total. The highest BCUT2D eigenvalue weighted by Crippen LogP contribution is 2.19. The van der Waals surface area contributed by atoms with Crippen molar-refractivity contribution in [3.05, 3.63) is 47.6 Å². The average molecular weight is 289 g/mol. The number of hydrogen-bond donors (Lipinski definition) is 2. The Balaban J connectivity index is 1.54. The van der Waals surface area contributed by atoms with Gasteiger partial charge in [0.2, 0.25) is 11.8 Å². The van der Waals surface area contributed by atoms with Gasteiger partial charge in [-0.3, -0.25) is 0 Å². The van der Waals surface area contributed by atoms with E-state index >= 15 is 0 Å². The third-order valence-electron chi connectivity index (χ3n) is 2.75. The van der Waals surface area contributed by atoms with Crippen LogP contribution in [0.4, 0.5) is 5.95 Å². The molecule has 20 heavy (non-hydrogen) atoms. The summed E-state index contributed by atoms with van der Waals surface area (Å²) in [6.45, 7) is 1.06. The van der Waals surface area contributed by atoms with Crippen LogP contribution in [0.5, 0.6) is 5.88 Å². The average Bonchev–Trinajstić information content (AvgIpc) is 2.88. The van der Waals surface area contributed by atoms with E-state index < -0.39 is 0 Å². The topological polar surface area (TPSA) is 62.8 Å². The maximum atomic E-state index is 5.95. The lowest BCUT2D eigenvalue weighted by Crippen LogP contribution is -2.12. The van der Waals surface area contributed by atoms with Crippen LogP contribution < -0.4 is 10.1 Å². The fourth-order valence-corrected chi connectivity index (χ4v) is 2.01. The molecule has 0 amide bonds. The Morgan fingerprint density at radius 2 is 2.10 bits per heavy atom. The Kier molecular flexibility index (Phi) is 3.69. The molecule has 0 unspecified atom stereocenters. The molecule has 3 rings (SSSR count). The molecule has 2 aromatic heterocycles. The molecule has 2 heterocycles. The van der Waals surface area contributed by atoms with Gasteiger partial charge < -0.3 is 15.0 Å². The zero-order chi connectivity index (χ0) is 13.8. The number of aromatic amines is 1. The molecule has 6 heteroatoms. The number of imidazole rings is 1. The van der Waals surface area contributed by atoms with Crippen LogP contribution in [-0.4, -0.2) is 28.1 Å². The largest absolute Gasteiger partial charge is 0.475 e. The van der Waals surface area contributed by atoms with Crippen LogP contribution in [0.25, 0.3) is 11.0 Å². The zero-order valence-electron chi connectivity index (χ0n) is 10.6. The van der Waals surface area contributed by atoms with Crippen molar-refractivity contribution >= 4 is 28.6 Å². The van der Waals surface area contributed by atoms with Crippen LogP contribution in [0.15, 0.2) is 42.6 Å². The molecule has 0 aliphatic rings. The van der Waals surface area contributed by atoms with E-state index in [0.29, 0.717) is 24.1 Å². The van der Waals surface area contributed by atoms with Gasteiger partial charge in [-0.15, -0.1) is 0 Å². The highest BCUT2D eigenvalue weighted by Gasteiger charge is 2.03. The third kappa shape index (κ3) is 2.83. The van der Waals surface area contributed by atoms with Gasteiger partial charge in [0.05, 0.1) is 17.6 Å². The number of rotatable bonds is 5. The number of aromatic nitrogens is 3. The number of ether oxygens (including phenoxy) is 1. The molecule has 0 saturated heterocycles. The Morgan fingerprint density at radius 1 is 1.20 bits per heavy atom. The molecule has 102 valence electrons. The molecule has 0 fully saturated rings. The van der Waals surface area contributed by atoms with Crippen molar-refractivity contribution < 1.29 is 4.74 Å². The van der Waals surface area contributed by atoms with Gasteiger partial charge in [-0.05, 0) is 24.3 Å². The summed E-state index contributed by atoms with van der Waals surface area (Å²) in [6.07, 6.45) is 1.65. The minimum atomic E-state index is 0.445. The molecule has 0 radical (unpaired) electrons. The van der Waals surface area contributed by atoms with E-state index in [-0.39, 0.29) is 0 Å². The van der Waals surface area contributed by atoms with E-state index in [1.54, 1.807) is 18.3 Å². The second kappa shape index (κ2) is 5.79. The number of nitrogens with zero attached hydrogens (tertiary/aromatic N) is 2. The summed E-state index contributed by atoms with van der Waals surface area (Å²) in [4.78, 5) is 11.6. The van der Waals surface area contributed by atoms with Gasteiger partial charge in [-0.1, -0.05) is 23.7 Å². The molecule has 3 aromatic rings. The monoisotopic (exact) mass is 288 g/mol. The van der Waals surface area contributed by atoms with Crippen molar-refractivity contribution in [1.29, 1.82) is 0 Å². The fourth-order valence-electron chi connectivity index (χ4n) is 1.83. The lowest BCUT2D eigenvalue weighted by atomic mass is 10.3. The van der Waals surface area contributed by atoms with Gasteiger partial charge in [0, 0.05) is 6.20 Å². The van der Waals surface area contributed by atoms with Gasteiger partial charge >= 0.3 is 0 Å². The summed E-state index contributed by atoms with van der Waals surface area (Å²) in [6, 6.07) is 11.4. The number of para-hydroxylation sites is 2. The SMILES string of the molecule is Clc1cccnc1OCCNc1nc2ccccc2[nH]1. The van der Waals surface area contributed by atoms with Crippen LogP contribution >= 0.6 is 11.6 Å². The molecule has 0 saturated carbocycles. The predicted octanol–water partition coefficient (Wildman–Crippen LogP) is 3.10. The van der Waals surface area contributed by atoms with Crippen molar-refractivity contribution in [2.24, 2.45) is 0 Å². The molecule has 0 aliphatic carbocycles. The first-order valence-electron chi connectivity index (χ1n) is 6.25. The Morgan fingerprint density at radius 3 is 2.95 bits per heavy atom.